The molecule has 0 saturated carbocycles. The molecule has 1 aliphatic rings. The number of hydrogen-bond acceptors (Lipinski definition) is 8. The zero-order chi connectivity index (χ0) is 29.0. The van der Waals surface area contributed by atoms with Gasteiger partial charge in [0.15, 0.2) is 0 Å². The Kier molecular flexibility index (Phi) is 13.6. The first-order valence-electron chi connectivity index (χ1n) is 13.2. The van der Waals surface area contributed by atoms with E-state index in [1.165, 1.54) is 18.7 Å². The Labute approximate surface area is 226 Å². The minimum absolute atomic E-state index is 0.0616. The molecular weight excluding hydrogens is 490 g/mol. The molecule has 0 fully saturated rings. The van der Waals surface area contributed by atoms with Crippen molar-refractivity contribution >= 4 is 23.6 Å². The van der Waals surface area contributed by atoms with E-state index in [2.05, 4.69) is 0 Å². The van der Waals surface area contributed by atoms with Gasteiger partial charge in [-0.2, -0.15) is 0 Å². The van der Waals surface area contributed by atoms with Crippen LogP contribution in [0.1, 0.15) is 67.2 Å². The summed E-state index contributed by atoms with van der Waals surface area (Å²) in [5, 5.41) is 21.3. The van der Waals surface area contributed by atoms with E-state index < -0.39 is 47.2 Å². The van der Waals surface area contributed by atoms with Crippen LogP contribution in [0.2, 0.25) is 0 Å². The highest BCUT2D eigenvalue weighted by Gasteiger charge is 2.36. The molecule has 1 amide bonds. The number of amides is 1. The fourth-order valence-corrected chi connectivity index (χ4v) is 4.29. The molecule has 2 N–H and O–H groups in total. The molecule has 214 valence electrons. The molecule has 0 unspecified atom stereocenters. The lowest BCUT2D eigenvalue weighted by Gasteiger charge is -2.32. The molecule has 1 aliphatic carbocycles. The number of ketones is 2. The number of carbonyl (C=O) groups is 4. The van der Waals surface area contributed by atoms with Gasteiger partial charge in [0.05, 0.1) is 18.6 Å². The zero-order valence-corrected chi connectivity index (χ0v) is 23.8. The van der Waals surface area contributed by atoms with Gasteiger partial charge in [0.2, 0.25) is 11.6 Å². The number of aliphatic hydroxyl groups is 2. The second-order valence-electron chi connectivity index (χ2n) is 10.6. The van der Waals surface area contributed by atoms with E-state index in [1.807, 2.05) is 19.9 Å². The summed E-state index contributed by atoms with van der Waals surface area (Å²) >= 11 is 0. The first-order chi connectivity index (χ1) is 17.7. The van der Waals surface area contributed by atoms with E-state index in [-0.39, 0.29) is 37.9 Å². The van der Waals surface area contributed by atoms with Gasteiger partial charge < -0.3 is 24.6 Å². The standard InChI is InChI=1S/C29H45NO8/c1-8-16-30(7)28(35)37-18-19(2)10-9-11-20(3)26-21(4)12-13-25(38-22(5)31)29(6,36)15-14-23(32)17-24(33)27(26)34/h9-13,19,21,23,25-26,32,36H,8,14-18H2,1-7H3/b10-9+,13-12+,20-11+/t19-,21-,23-,25-,26+,29-/m0/s1. The number of allylic oxidation sites excluding steroid dienone is 4. The molecule has 0 aliphatic heterocycles. The van der Waals surface area contributed by atoms with Crippen molar-refractivity contribution < 1.29 is 38.9 Å². The van der Waals surface area contributed by atoms with E-state index in [0.717, 1.165) is 6.42 Å². The summed E-state index contributed by atoms with van der Waals surface area (Å²) in [5.41, 5.74) is -0.839. The average molecular weight is 536 g/mol. The lowest BCUT2D eigenvalue weighted by Crippen LogP contribution is -2.42. The molecule has 0 bridgehead atoms. The number of ether oxygens (including phenoxy) is 2. The van der Waals surface area contributed by atoms with Crippen molar-refractivity contribution in [3.63, 3.8) is 0 Å². The van der Waals surface area contributed by atoms with Crippen molar-refractivity contribution in [2.75, 3.05) is 20.2 Å². The quantitative estimate of drug-likeness (QED) is 0.208. The van der Waals surface area contributed by atoms with Crippen molar-refractivity contribution in [3.05, 3.63) is 36.0 Å². The van der Waals surface area contributed by atoms with E-state index in [9.17, 15) is 29.4 Å². The third-order valence-electron chi connectivity index (χ3n) is 6.61. The fourth-order valence-electron chi connectivity index (χ4n) is 4.29. The number of Topliss-reactive ketones (excluding diaryl/α,β-unsaturated/α-hetero) is 2. The minimum atomic E-state index is -1.47. The first kappa shape index (κ1) is 33.2. The summed E-state index contributed by atoms with van der Waals surface area (Å²) in [6.07, 6.45) is 6.70. The molecule has 9 nitrogen and oxygen atoms in total. The maximum absolute atomic E-state index is 13.2. The minimum Gasteiger partial charge on any atom is -0.455 e. The van der Waals surface area contributed by atoms with Crippen LogP contribution in [0.5, 0.6) is 0 Å². The molecular formula is C29H45NO8. The fraction of sp³-hybridized carbons (Fsp3) is 0.655. The van der Waals surface area contributed by atoms with Crippen LogP contribution in [0, 0.1) is 17.8 Å². The van der Waals surface area contributed by atoms with Gasteiger partial charge in [-0.15, -0.1) is 0 Å². The molecule has 0 heterocycles. The van der Waals surface area contributed by atoms with Crippen molar-refractivity contribution in [3.8, 4) is 0 Å². The predicted molar refractivity (Wildman–Crippen MR) is 144 cm³/mol. The van der Waals surface area contributed by atoms with Crippen molar-refractivity contribution in [2.45, 2.75) is 85.0 Å². The number of aliphatic hydroxyl groups excluding tert-OH is 1. The normalized spacial score (nSPS) is 29.2. The third-order valence-corrected chi connectivity index (χ3v) is 6.61. The van der Waals surface area contributed by atoms with Gasteiger partial charge in [0.1, 0.15) is 11.7 Å². The Balaban J connectivity index is 3.14. The molecule has 0 aromatic carbocycles. The smallest absolute Gasteiger partial charge is 0.409 e. The number of nitrogens with zero attached hydrogens (tertiary/aromatic N) is 1. The highest BCUT2D eigenvalue weighted by molar-refractivity contribution is 6.38. The Morgan fingerprint density at radius 1 is 1.26 bits per heavy atom. The van der Waals surface area contributed by atoms with Crippen LogP contribution in [-0.4, -0.2) is 76.8 Å². The van der Waals surface area contributed by atoms with Crippen LogP contribution in [0.4, 0.5) is 4.79 Å². The summed E-state index contributed by atoms with van der Waals surface area (Å²) in [7, 11) is 1.68. The summed E-state index contributed by atoms with van der Waals surface area (Å²) in [6.45, 7) is 11.0. The SMILES string of the molecule is CCCN(C)C(=O)OC[C@@H](C)/C=C/C=C(\C)[C@H]1C(=O)C(=O)C[C@@H](O)CC[C@](C)(O)[C@@H](OC(C)=O)/C=C/[C@@H]1C. The Hall–Kier alpha value is -2.78. The second kappa shape index (κ2) is 15.6. The van der Waals surface area contributed by atoms with Gasteiger partial charge in [-0.05, 0) is 45.1 Å². The maximum atomic E-state index is 13.2. The van der Waals surface area contributed by atoms with Crippen molar-refractivity contribution in [1.82, 2.24) is 4.90 Å². The number of rotatable bonds is 8. The van der Waals surface area contributed by atoms with E-state index in [4.69, 9.17) is 9.47 Å². The topological polar surface area (TPSA) is 130 Å². The summed E-state index contributed by atoms with van der Waals surface area (Å²) in [4.78, 5) is 51.0. The number of carbonyl (C=O) groups excluding carboxylic acids is 4. The lowest BCUT2D eigenvalue weighted by atomic mass is 9.79. The Bertz CT molecular complexity index is 920. The summed E-state index contributed by atoms with van der Waals surface area (Å²) in [5.74, 6) is -3.21. The van der Waals surface area contributed by atoms with Gasteiger partial charge in [-0.3, -0.25) is 14.4 Å². The first-order valence-corrected chi connectivity index (χ1v) is 13.2. The van der Waals surface area contributed by atoms with E-state index in [1.54, 1.807) is 45.2 Å². The van der Waals surface area contributed by atoms with E-state index >= 15 is 0 Å². The second-order valence-corrected chi connectivity index (χ2v) is 10.6. The average Bonchev–Trinajstić information content (AvgIpc) is 2.83. The Morgan fingerprint density at radius 2 is 1.92 bits per heavy atom. The molecule has 0 radical (unpaired) electrons. The zero-order valence-electron chi connectivity index (χ0n) is 23.8. The molecule has 9 heteroatoms. The molecule has 0 aromatic heterocycles. The van der Waals surface area contributed by atoms with Crippen molar-refractivity contribution in [1.29, 1.82) is 0 Å². The summed E-state index contributed by atoms with van der Waals surface area (Å²) in [6, 6.07) is 0. The van der Waals surface area contributed by atoms with E-state index in [0.29, 0.717) is 12.1 Å². The largest absolute Gasteiger partial charge is 0.455 e. The molecule has 6 atom stereocenters. The van der Waals surface area contributed by atoms with Gasteiger partial charge in [-0.1, -0.05) is 50.6 Å². The van der Waals surface area contributed by atoms with Crippen LogP contribution >= 0.6 is 0 Å². The van der Waals surface area contributed by atoms with Crippen molar-refractivity contribution in [2.24, 2.45) is 17.8 Å². The predicted octanol–water partition coefficient (Wildman–Crippen LogP) is 3.78. The van der Waals surface area contributed by atoms with Gasteiger partial charge in [-0.25, -0.2) is 4.79 Å². The van der Waals surface area contributed by atoms with Crippen LogP contribution in [0.3, 0.4) is 0 Å². The van der Waals surface area contributed by atoms with Crippen LogP contribution in [0.15, 0.2) is 36.0 Å². The van der Waals surface area contributed by atoms with Crippen LogP contribution < -0.4 is 0 Å². The van der Waals surface area contributed by atoms with Gasteiger partial charge in [0.25, 0.3) is 0 Å². The molecule has 0 aromatic rings. The maximum Gasteiger partial charge on any atom is 0.409 e. The van der Waals surface area contributed by atoms with Crippen LogP contribution in [-0.2, 0) is 23.9 Å². The van der Waals surface area contributed by atoms with Gasteiger partial charge >= 0.3 is 12.1 Å². The monoisotopic (exact) mass is 535 g/mol. The summed E-state index contributed by atoms with van der Waals surface area (Å²) < 4.78 is 10.6. The van der Waals surface area contributed by atoms with Gasteiger partial charge in [0, 0.05) is 32.9 Å². The molecule has 0 spiro atoms. The highest BCUT2D eigenvalue weighted by atomic mass is 16.6. The van der Waals surface area contributed by atoms with Crippen LogP contribution in [0.25, 0.3) is 0 Å². The number of hydrogen-bond donors (Lipinski definition) is 2. The Morgan fingerprint density at radius 3 is 2.53 bits per heavy atom. The molecule has 38 heavy (non-hydrogen) atoms. The molecule has 1 rings (SSSR count). The lowest BCUT2D eigenvalue weighted by molar-refractivity contribution is -0.156. The molecule has 0 saturated heterocycles. The highest BCUT2D eigenvalue weighted by Crippen LogP contribution is 2.29. The third kappa shape index (κ3) is 10.9. The number of esters is 1.